The highest BCUT2D eigenvalue weighted by atomic mass is 35.5. The van der Waals surface area contributed by atoms with Gasteiger partial charge in [0.1, 0.15) is 0 Å². The number of amides is 1. The third kappa shape index (κ3) is 5.27. The van der Waals surface area contributed by atoms with Gasteiger partial charge in [0, 0.05) is 26.2 Å². The molecule has 2 rings (SSSR count). The fourth-order valence-corrected chi connectivity index (χ4v) is 2.46. The first-order valence-electron chi connectivity index (χ1n) is 7.78. The van der Waals surface area contributed by atoms with Crippen molar-refractivity contribution >= 4 is 18.3 Å². The van der Waals surface area contributed by atoms with Gasteiger partial charge in [-0.05, 0) is 30.4 Å². The molecular formula is C17H27ClN2O2. The van der Waals surface area contributed by atoms with E-state index in [4.69, 9.17) is 10.5 Å². The summed E-state index contributed by atoms with van der Waals surface area (Å²) >= 11 is 0. The largest absolute Gasteiger partial charge is 0.380 e. The number of carbonyl (C=O) groups excluding carboxylic acids is 1. The van der Waals surface area contributed by atoms with Gasteiger partial charge in [-0.3, -0.25) is 4.79 Å². The Morgan fingerprint density at radius 2 is 1.91 bits per heavy atom. The molecule has 1 aromatic rings. The Kier molecular flexibility index (Phi) is 7.87. The Balaban J connectivity index is 0.00000242. The van der Waals surface area contributed by atoms with Gasteiger partial charge in [-0.25, -0.2) is 0 Å². The van der Waals surface area contributed by atoms with Gasteiger partial charge in [0.15, 0.2) is 0 Å². The Labute approximate surface area is 139 Å². The van der Waals surface area contributed by atoms with E-state index in [1.165, 1.54) is 11.1 Å². The summed E-state index contributed by atoms with van der Waals surface area (Å²) in [7, 11) is 1.61. The van der Waals surface area contributed by atoms with Crippen LogP contribution in [0.25, 0.3) is 0 Å². The zero-order chi connectivity index (χ0) is 15.2. The molecule has 0 aliphatic heterocycles. The monoisotopic (exact) mass is 326 g/mol. The van der Waals surface area contributed by atoms with Crippen LogP contribution in [-0.2, 0) is 22.5 Å². The van der Waals surface area contributed by atoms with Crippen LogP contribution in [0.1, 0.15) is 37.3 Å². The summed E-state index contributed by atoms with van der Waals surface area (Å²) in [5, 5.41) is 0. The van der Waals surface area contributed by atoms with Gasteiger partial charge in [-0.1, -0.05) is 31.2 Å². The van der Waals surface area contributed by atoms with Crippen molar-refractivity contribution in [1.82, 2.24) is 4.90 Å². The number of benzene rings is 1. The molecule has 0 spiro atoms. The third-order valence-corrected chi connectivity index (χ3v) is 4.09. The third-order valence-electron chi connectivity index (χ3n) is 4.09. The van der Waals surface area contributed by atoms with E-state index in [0.29, 0.717) is 25.6 Å². The number of aryl methyl sites for hydroxylation is 1. The second-order valence-electron chi connectivity index (χ2n) is 5.72. The molecule has 1 fully saturated rings. The van der Waals surface area contributed by atoms with E-state index < -0.39 is 0 Å². The highest BCUT2D eigenvalue weighted by molar-refractivity contribution is 5.85. The molecule has 1 aliphatic carbocycles. The van der Waals surface area contributed by atoms with Gasteiger partial charge in [0.2, 0.25) is 5.91 Å². The molecule has 1 aromatic carbocycles. The number of hydrogen-bond acceptors (Lipinski definition) is 3. The first-order valence-corrected chi connectivity index (χ1v) is 7.78. The van der Waals surface area contributed by atoms with Gasteiger partial charge in [0.05, 0.1) is 12.5 Å². The fraction of sp³-hybridized carbons (Fsp3) is 0.588. The van der Waals surface area contributed by atoms with Crippen LogP contribution in [0, 0.1) is 0 Å². The van der Waals surface area contributed by atoms with Crippen LogP contribution in [0.2, 0.25) is 0 Å². The van der Waals surface area contributed by atoms with Crippen molar-refractivity contribution in [2.45, 2.75) is 51.3 Å². The molecule has 5 heteroatoms. The second kappa shape index (κ2) is 9.13. The molecule has 4 nitrogen and oxygen atoms in total. The van der Waals surface area contributed by atoms with Crippen LogP contribution < -0.4 is 5.73 Å². The normalized spacial score (nSPS) is 15.0. The number of rotatable bonds is 8. The summed E-state index contributed by atoms with van der Waals surface area (Å²) in [5.74, 6) is 0.148. The Morgan fingerprint density at radius 1 is 1.32 bits per heavy atom. The van der Waals surface area contributed by atoms with Crippen molar-refractivity contribution in [3.8, 4) is 0 Å². The highest BCUT2D eigenvalue weighted by Gasteiger charge is 2.33. The van der Waals surface area contributed by atoms with Gasteiger partial charge < -0.3 is 15.4 Å². The molecule has 0 aromatic heterocycles. The number of methoxy groups -OCH3 is 1. The number of halogens is 1. The van der Waals surface area contributed by atoms with Crippen molar-refractivity contribution in [1.29, 1.82) is 0 Å². The van der Waals surface area contributed by atoms with Gasteiger partial charge in [-0.2, -0.15) is 0 Å². The predicted molar refractivity (Wildman–Crippen MR) is 91.1 cm³/mol. The maximum absolute atomic E-state index is 12.5. The summed E-state index contributed by atoms with van der Waals surface area (Å²) in [6.45, 7) is 3.22. The van der Waals surface area contributed by atoms with Crippen LogP contribution in [0.4, 0.5) is 0 Å². The molecule has 1 atom stereocenters. The summed E-state index contributed by atoms with van der Waals surface area (Å²) in [6.07, 6.45) is 3.45. The van der Waals surface area contributed by atoms with Crippen molar-refractivity contribution < 1.29 is 9.53 Å². The molecule has 0 heterocycles. The Bertz CT molecular complexity index is 456. The average molecular weight is 327 g/mol. The van der Waals surface area contributed by atoms with Crippen molar-refractivity contribution in [3.63, 3.8) is 0 Å². The van der Waals surface area contributed by atoms with E-state index in [1.54, 1.807) is 7.11 Å². The first-order chi connectivity index (χ1) is 10.2. The predicted octanol–water partition coefficient (Wildman–Crippen LogP) is 2.53. The zero-order valence-electron chi connectivity index (χ0n) is 13.5. The molecule has 1 saturated carbocycles. The summed E-state index contributed by atoms with van der Waals surface area (Å²) in [6, 6.07) is 8.93. The van der Waals surface area contributed by atoms with Crippen molar-refractivity contribution in [2.75, 3.05) is 13.7 Å². The molecular weight excluding hydrogens is 300 g/mol. The lowest BCUT2D eigenvalue weighted by atomic mass is 10.1. The van der Waals surface area contributed by atoms with E-state index in [1.807, 2.05) is 4.90 Å². The van der Waals surface area contributed by atoms with Gasteiger partial charge in [0.25, 0.3) is 0 Å². The molecule has 1 amide bonds. The first kappa shape index (κ1) is 18.9. The van der Waals surface area contributed by atoms with E-state index in [-0.39, 0.29) is 24.4 Å². The zero-order valence-corrected chi connectivity index (χ0v) is 14.3. The molecule has 1 aliphatic rings. The molecule has 124 valence electrons. The number of carbonyl (C=O) groups is 1. The van der Waals surface area contributed by atoms with E-state index in [0.717, 1.165) is 19.3 Å². The fourth-order valence-electron chi connectivity index (χ4n) is 2.46. The minimum Gasteiger partial charge on any atom is -0.380 e. The molecule has 1 unspecified atom stereocenters. The van der Waals surface area contributed by atoms with Crippen LogP contribution in [-0.4, -0.2) is 36.6 Å². The molecule has 0 radical (unpaired) electrons. The number of nitrogens with two attached hydrogens (primary N) is 1. The quantitative estimate of drug-likeness (QED) is 0.798. The average Bonchev–Trinajstić information content (AvgIpc) is 3.35. The topological polar surface area (TPSA) is 55.6 Å². The second-order valence-corrected chi connectivity index (χ2v) is 5.72. The molecule has 2 N–H and O–H groups in total. The number of ether oxygens (including phenoxy) is 1. The number of hydrogen-bond donors (Lipinski definition) is 1. The van der Waals surface area contributed by atoms with Crippen molar-refractivity contribution in [2.24, 2.45) is 5.73 Å². The van der Waals surface area contributed by atoms with Crippen LogP contribution >= 0.6 is 12.4 Å². The van der Waals surface area contributed by atoms with Crippen LogP contribution in [0.3, 0.4) is 0 Å². The van der Waals surface area contributed by atoms with E-state index in [9.17, 15) is 4.79 Å². The lowest BCUT2D eigenvalue weighted by Crippen LogP contribution is -2.37. The maximum Gasteiger partial charge on any atom is 0.225 e. The number of nitrogens with zero attached hydrogens (tertiary/aromatic N) is 1. The van der Waals surface area contributed by atoms with Gasteiger partial charge >= 0.3 is 0 Å². The SMILES string of the molecule is CCc1ccc(CN(C(=O)CC(CN)OC)C2CC2)cc1.Cl. The van der Waals surface area contributed by atoms with Crippen LogP contribution in [0.15, 0.2) is 24.3 Å². The summed E-state index contributed by atoms with van der Waals surface area (Å²) in [5.41, 5.74) is 8.13. The van der Waals surface area contributed by atoms with E-state index >= 15 is 0 Å². The maximum atomic E-state index is 12.5. The summed E-state index contributed by atoms with van der Waals surface area (Å²) < 4.78 is 5.23. The Morgan fingerprint density at radius 3 is 2.36 bits per heavy atom. The summed E-state index contributed by atoms with van der Waals surface area (Å²) in [4.78, 5) is 14.5. The lowest BCUT2D eigenvalue weighted by molar-refractivity contribution is -0.134. The minimum atomic E-state index is -0.179. The molecule has 22 heavy (non-hydrogen) atoms. The van der Waals surface area contributed by atoms with Crippen molar-refractivity contribution in [3.05, 3.63) is 35.4 Å². The van der Waals surface area contributed by atoms with E-state index in [2.05, 4.69) is 31.2 Å². The van der Waals surface area contributed by atoms with Gasteiger partial charge in [-0.15, -0.1) is 12.4 Å². The molecule has 0 bridgehead atoms. The smallest absolute Gasteiger partial charge is 0.225 e. The Hall–Kier alpha value is -1.10. The standard InChI is InChI=1S/C17H26N2O2.ClH/c1-3-13-4-6-14(7-5-13)12-19(15-8-9-15)17(20)10-16(11-18)21-2;/h4-7,15-16H,3,8-12,18H2,1-2H3;1H. The molecule has 0 saturated heterocycles. The highest BCUT2D eigenvalue weighted by Crippen LogP contribution is 2.29. The minimum absolute atomic E-state index is 0. The van der Waals surface area contributed by atoms with Crippen LogP contribution in [0.5, 0.6) is 0 Å². The lowest BCUT2D eigenvalue weighted by Gasteiger charge is -2.24.